The molecule has 0 aliphatic heterocycles. The van der Waals surface area contributed by atoms with Crippen molar-refractivity contribution in [2.24, 2.45) is 0 Å². The summed E-state index contributed by atoms with van der Waals surface area (Å²) in [5.41, 5.74) is -0.0137. The Kier molecular flexibility index (Phi) is 6.07. The molecule has 6 nitrogen and oxygen atoms in total. The van der Waals surface area contributed by atoms with Gasteiger partial charge < -0.3 is 4.52 Å². The molecule has 1 aromatic carbocycles. The van der Waals surface area contributed by atoms with Gasteiger partial charge in [-0.05, 0) is 39.8 Å². The van der Waals surface area contributed by atoms with Crippen LogP contribution in [0.3, 0.4) is 0 Å². The monoisotopic (exact) mass is 319 g/mol. The van der Waals surface area contributed by atoms with Gasteiger partial charge in [0, 0.05) is 23.9 Å². The summed E-state index contributed by atoms with van der Waals surface area (Å²) in [6, 6.07) is 5.65. The molecule has 0 heterocycles. The SMILES string of the molecule is CC(C)OP(=S)(Oc1ccc([N+](=O)[O-])cc1)OC(C)C. The molecule has 20 heavy (non-hydrogen) atoms. The zero-order valence-corrected chi connectivity index (χ0v) is 13.5. The van der Waals surface area contributed by atoms with E-state index in [9.17, 15) is 10.1 Å². The molecule has 0 saturated carbocycles. The second-order valence-corrected chi connectivity index (χ2v) is 7.44. The van der Waals surface area contributed by atoms with Crippen LogP contribution in [0.15, 0.2) is 24.3 Å². The van der Waals surface area contributed by atoms with Crippen LogP contribution in [-0.4, -0.2) is 17.1 Å². The third kappa shape index (κ3) is 5.54. The van der Waals surface area contributed by atoms with Gasteiger partial charge in [0.25, 0.3) is 5.69 Å². The third-order valence-electron chi connectivity index (χ3n) is 1.94. The maximum absolute atomic E-state index is 10.6. The predicted octanol–water partition coefficient (Wildman–Crippen LogP) is 4.05. The number of nitro benzene ring substituents is 1. The fourth-order valence-corrected chi connectivity index (χ4v) is 4.18. The van der Waals surface area contributed by atoms with Crippen molar-refractivity contribution < 1.29 is 18.5 Å². The summed E-state index contributed by atoms with van der Waals surface area (Å²) in [5, 5.41) is 10.6. The van der Waals surface area contributed by atoms with Crippen LogP contribution in [0.4, 0.5) is 5.69 Å². The van der Waals surface area contributed by atoms with Gasteiger partial charge in [0.1, 0.15) is 5.75 Å². The van der Waals surface area contributed by atoms with Crippen molar-refractivity contribution in [3.8, 4) is 5.75 Å². The van der Waals surface area contributed by atoms with Crippen LogP contribution < -0.4 is 4.52 Å². The molecule has 0 aromatic heterocycles. The summed E-state index contributed by atoms with van der Waals surface area (Å²) < 4.78 is 16.8. The molecule has 8 heteroatoms. The lowest BCUT2D eigenvalue weighted by Crippen LogP contribution is -2.11. The van der Waals surface area contributed by atoms with E-state index in [1.54, 1.807) is 0 Å². The highest BCUT2D eigenvalue weighted by Crippen LogP contribution is 2.52. The van der Waals surface area contributed by atoms with E-state index in [1.165, 1.54) is 24.3 Å². The van der Waals surface area contributed by atoms with E-state index in [2.05, 4.69) is 0 Å². The minimum absolute atomic E-state index is 0.0137. The van der Waals surface area contributed by atoms with E-state index in [0.717, 1.165) is 0 Å². The van der Waals surface area contributed by atoms with E-state index in [-0.39, 0.29) is 17.9 Å². The van der Waals surface area contributed by atoms with E-state index in [4.69, 9.17) is 25.4 Å². The molecule has 0 spiro atoms. The predicted molar refractivity (Wildman–Crippen MR) is 80.5 cm³/mol. The number of benzene rings is 1. The van der Waals surface area contributed by atoms with E-state index < -0.39 is 11.6 Å². The highest BCUT2D eigenvalue weighted by Gasteiger charge is 2.26. The van der Waals surface area contributed by atoms with Crippen molar-refractivity contribution in [1.82, 2.24) is 0 Å². The molecule has 0 radical (unpaired) electrons. The molecule has 1 aromatic rings. The lowest BCUT2D eigenvalue weighted by atomic mass is 10.3. The minimum atomic E-state index is -2.93. The quantitative estimate of drug-likeness (QED) is 0.429. The molecule has 0 unspecified atom stereocenters. The standard InChI is InChI=1S/C12H18NO5PS/c1-9(2)16-19(20,17-10(3)4)18-12-7-5-11(6-8-12)13(14)15/h5-10H,1-4H3. The second kappa shape index (κ2) is 7.13. The fourth-order valence-electron chi connectivity index (χ4n) is 1.34. The van der Waals surface area contributed by atoms with Gasteiger partial charge in [-0.2, -0.15) is 0 Å². The molecular weight excluding hydrogens is 301 g/mol. The Morgan fingerprint density at radius 1 is 1.10 bits per heavy atom. The molecule has 0 bridgehead atoms. The van der Waals surface area contributed by atoms with Gasteiger partial charge >= 0.3 is 6.72 Å². The molecule has 1 rings (SSSR count). The zero-order chi connectivity index (χ0) is 15.3. The Bertz CT molecular complexity index is 489. The van der Waals surface area contributed by atoms with Crippen LogP contribution in [-0.2, 0) is 20.9 Å². The number of hydrogen-bond acceptors (Lipinski definition) is 6. The number of rotatable bonds is 7. The first kappa shape index (κ1) is 17.0. The van der Waals surface area contributed by atoms with Crippen molar-refractivity contribution in [3.05, 3.63) is 34.4 Å². The lowest BCUT2D eigenvalue weighted by molar-refractivity contribution is -0.384. The Morgan fingerprint density at radius 2 is 1.55 bits per heavy atom. The van der Waals surface area contributed by atoms with Gasteiger partial charge in [0.15, 0.2) is 0 Å². The summed E-state index contributed by atoms with van der Waals surface area (Å²) in [5.74, 6) is 0.389. The highest BCUT2D eigenvalue weighted by atomic mass is 32.5. The van der Waals surface area contributed by atoms with Crippen molar-refractivity contribution in [3.63, 3.8) is 0 Å². The van der Waals surface area contributed by atoms with Crippen molar-refractivity contribution in [2.45, 2.75) is 39.9 Å². The molecule has 0 saturated heterocycles. The Morgan fingerprint density at radius 3 is 1.90 bits per heavy atom. The minimum Gasteiger partial charge on any atom is -0.424 e. The van der Waals surface area contributed by atoms with Gasteiger partial charge in [0.05, 0.1) is 17.1 Å². The Balaban J connectivity index is 2.89. The Hall–Kier alpha value is -1.01. The number of nitro groups is 1. The maximum Gasteiger partial charge on any atom is 0.381 e. The van der Waals surface area contributed by atoms with Crippen molar-refractivity contribution >= 4 is 24.2 Å². The summed E-state index contributed by atoms with van der Waals surface area (Å²) in [6.07, 6.45) is -0.282. The average Bonchev–Trinajstić information content (AvgIpc) is 2.26. The molecule has 0 aliphatic rings. The number of hydrogen-bond donors (Lipinski definition) is 0. The topological polar surface area (TPSA) is 70.8 Å². The lowest BCUT2D eigenvalue weighted by Gasteiger charge is -2.25. The third-order valence-corrected chi connectivity index (χ3v) is 4.48. The normalized spacial score (nSPS) is 11.9. The van der Waals surface area contributed by atoms with E-state index >= 15 is 0 Å². The van der Waals surface area contributed by atoms with Gasteiger partial charge in [-0.15, -0.1) is 0 Å². The molecule has 0 amide bonds. The second-order valence-electron chi connectivity index (χ2n) is 4.60. The van der Waals surface area contributed by atoms with Crippen LogP contribution in [0.25, 0.3) is 0 Å². The first-order chi connectivity index (χ1) is 9.22. The van der Waals surface area contributed by atoms with Crippen LogP contribution >= 0.6 is 6.72 Å². The van der Waals surface area contributed by atoms with Crippen molar-refractivity contribution in [2.75, 3.05) is 0 Å². The molecule has 112 valence electrons. The fraction of sp³-hybridized carbons (Fsp3) is 0.500. The van der Waals surface area contributed by atoms with Gasteiger partial charge in [0.2, 0.25) is 0 Å². The average molecular weight is 319 g/mol. The maximum atomic E-state index is 10.6. The zero-order valence-electron chi connectivity index (χ0n) is 11.8. The molecule has 0 N–H and O–H groups in total. The summed E-state index contributed by atoms with van der Waals surface area (Å²) in [6.45, 7) is 4.42. The molecule has 0 atom stereocenters. The van der Waals surface area contributed by atoms with Crippen LogP contribution in [0.5, 0.6) is 5.75 Å². The van der Waals surface area contributed by atoms with Gasteiger partial charge in [-0.3, -0.25) is 19.2 Å². The van der Waals surface area contributed by atoms with Gasteiger partial charge in [-0.1, -0.05) is 0 Å². The molecule has 0 aliphatic carbocycles. The molecular formula is C12H18NO5PS. The van der Waals surface area contributed by atoms with Gasteiger partial charge in [-0.25, -0.2) is 0 Å². The summed E-state index contributed by atoms with van der Waals surface area (Å²) in [7, 11) is 0. The first-order valence-electron chi connectivity index (χ1n) is 6.13. The van der Waals surface area contributed by atoms with E-state index in [0.29, 0.717) is 5.75 Å². The van der Waals surface area contributed by atoms with E-state index in [1.807, 2.05) is 27.7 Å². The highest BCUT2D eigenvalue weighted by molar-refractivity contribution is 8.07. The number of non-ortho nitro benzene ring substituents is 1. The summed E-state index contributed by atoms with van der Waals surface area (Å²) in [4.78, 5) is 10.1. The van der Waals surface area contributed by atoms with Crippen LogP contribution in [0.1, 0.15) is 27.7 Å². The largest absolute Gasteiger partial charge is 0.424 e. The summed E-state index contributed by atoms with van der Waals surface area (Å²) >= 11 is 5.33. The van der Waals surface area contributed by atoms with Crippen molar-refractivity contribution in [1.29, 1.82) is 0 Å². The van der Waals surface area contributed by atoms with Crippen LogP contribution in [0.2, 0.25) is 0 Å². The Labute approximate surface area is 123 Å². The first-order valence-corrected chi connectivity index (χ1v) is 8.68. The van der Waals surface area contributed by atoms with Crippen LogP contribution in [0, 0.1) is 10.1 Å². The smallest absolute Gasteiger partial charge is 0.381 e. The molecule has 0 fully saturated rings. The number of nitrogens with zero attached hydrogens (tertiary/aromatic N) is 1.